The molecular weight excluding hydrogens is 507 g/mol. The summed E-state index contributed by atoms with van der Waals surface area (Å²) in [7, 11) is 0. The van der Waals surface area contributed by atoms with Crippen LogP contribution in [0.15, 0.2) is 65.6 Å². The molecule has 180 valence electrons. The Hall–Kier alpha value is -2.85. The zero-order valence-corrected chi connectivity index (χ0v) is 20.9. The Kier molecular flexibility index (Phi) is 6.59. The van der Waals surface area contributed by atoms with Crippen LogP contribution >= 0.6 is 34.9 Å². The van der Waals surface area contributed by atoms with Crippen molar-refractivity contribution in [2.45, 2.75) is 23.3 Å². The Bertz CT molecular complexity index is 1390. The molecule has 0 atom stereocenters. The van der Waals surface area contributed by atoms with Crippen molar-refractivity contribution in [3.8, 4) is 0 Å². The largest absolute Gasteiger partial charge is 0.385 e. The van der Waals surface area contributed by atoms with Crippen molar-refractivity contribution in [2.24, 2.45) is 0 Å². The number of aromatic nitrogens is 1. The van der Waals surface area contributed by atoms with Crippen LogP contribution in [-0.4, -0.2) is 34.0 Å². The lowest BCUT2D eigenvalue weighted by atomic mass is 9.84. The average molecular weight is 529 g/mol. The van der Waals surface area contributed by atoms with E-state index in [9.17, 15) is 14.3 Å². The van der Waals surface area contributed by atoms with Gasteiger partial charge in [-0.1, -0.05) is 41.1 Å². The number of rotatable bonds is 5. The molecule has 1 aromatic heterocycles. The quantitative estimate of drug-likeness (QED) is 0.279. The number of carbonyl (C=O) groups is 1. The van der Waals surface area contributed by atoms with Crippen molar-refractivity contribution in [2.75, 3.05) is 23.5 Å². The standard InChI is InChI=1S/C25H22ClFN4O2S2/c26-19-4-2-1-3-18(19)25(33)9-11-31(12-10-25)23(32)15-5-7-17(8-6-15)30-35-21-14-16(27)13-20-22(21)29-24(28)34-20/h1-8,13-14,30,33H,9-12H2,(H2,28,29). The summed E-state index contributed by atoms with van der Waals surface area (Å²) in [4.78, 5) is 19.7. The third kappa shape index (κ3) is 4.95. The third-order valence-corrected chi connectivity index (χ3v) is 8.13. The van der Waals surface area contributed by atoms with E-state index in [0.717, 1.165) is 5.69 Å². The van der Waals surface area contributed by atoms with E-state index in [-0.39, 0.29) is 11.7 Å². The summed E-state index contributed by atoms with van der Waals surface area (Å²) in [5.74, 6) is -0.440. The number of nitrogens with two attached hydrogens (primary N) is 1. The first-order valence-corrected chi connectivity index (χ1v) is 13.0. The second kappa shape index (κ2) is 9.66. The second-order valence-corrected chi connectivity index (χ2v) is 10.7. The zero-order valence-electron chi connectivity index (χ0n) is 18.5. The number of nitrogens with zero attached hydrogens (tertiary/aromatic N) is 2. The maximum atomic E-state index is 13.9. The fourth-order valence-corrected chi connectivity index (χ4v) is 6.18. The lowest BCUT2D eigenvalue weighted by Gasteiger charge is -2.39. The monoisotopic (exact) mass is 528 g/mol. The van der Waals surface area contributed by atoms with Crippen LogP contribution in [-0.2, 0) is 5.60 Å². The van der Waals surface area contributed by atoms with Gasteiger partial charge in [-0.05, 0) is 67.3 Å². The molecule has 1 saturated heterocycles. The molecular formula is C25H22ClFN4O2S2. The van der Waals surface area contributed by atoms with Crippen molar-refractivity contribution in [1.29, 1.82) is 0 Å². The Morgan fingerprint density at radius 1 is 1.17 bits per heavy atom. The number of carbonyl (C=O) groups excluding carboxylic acids is 1. The Balaban J connectivity index is 1.22. The van der Waals surface area contributed by atoms with Gasteiger partial charge < -0.3 is 20.5 Å². The van der Waals surface area contributed by atoms with E-state index in [4.69, 9.17) is 17.3 Å². The van der Waals surface area contributed by atoms with E-state index in [1.54, 1.807) is 35.2 Å². The van der Waals surface area contributed by atoms with E-state index < -0.39 is 5.60 Å². The fraction of sp³-hybridized carbons (Fsp3) is 0.200. The molecule has 6 nitrogen and oxygen atoms in total. The summed E-state index contributed by atoms with van der Waals surface area (Å²) in [6, 6.07) is 17.2. The highest BCUT2D eigenvalue weighted by molar-refractivity contribution is 8.00. The maximum absolute atomic E-state index is 13.9. The lowest BCUT2D eigenvalue weighted by molar-refractivity contribution is -0.0210. The van der Waals surface area contributed by atoms with Crippen LogP contribution in [0, 0.1) is 5.82 Å². The maximum Gasteiger partial charge on any atom is 0.253 e. The van der Waals surface area contributed by atoms with Crippen LogP contribution in [0.1, 0.15) is 28.8 Å². The number of fused-ring (bicyclic) bond motifs is 1. The normalized spacial score (nSPS) is 15.3. The number of amides is 1. The van der Waals surface area contributed by atoms with E-state index >= 15 is 0 Å². The van der Waals surface area contributed by atoms with Gasteiger partial charge in [0.05, 0.1) is 20.7 Å². The molecule has 0 saturated carbocycles. The third-order valence-electron chi connectivity index (χ3n) is 6.10. The van der Waals surface area contributed by atoms with Crippen LogP contribution < -0.4 is 10.5 Å². The zero-order chi connectivity index (χ0) is 24.6. The lowest BCUT2D eigenvalue weighted by Crippen LogP contribution is -2.45. The van der Waals surface area contributed by atoms with Crippen LogP contribution in [0.3, 0.4) is 0 Å². The minimum absolute atomic E-state index is 0.0878. The number of benzene rings is 3. The van der Waals surface area contributed by atoms with Gasteiger partial charge in [-0.2, -0.15) is 0 Å². The van der Waals surface area contributed by atoms with Crippen LogP contribution in [0.5, 0.6) is 0 Å². The number of aliphatic hydroxyl groups is 1. The number of likely N-dealkylation sites (tertiary alicyclic amines) is 1. The minimum atomic E-state index is -1.04. The van der Waals surface area contributed by atoms with Gasteiger partial charge in [0.2, 0.25) is 0 Å². The molecule has 1 aliphatic rings. The highest BCUT2D eigenvalue weighted by Gasteiger charge is 2.36. The van der Waals surface area contributed by atoms with E-state index in [2.05, 4.69) is 9.71 Å². The first-order chi connectivity index (χ1) is 16.8. The van der Waals surface area contributed by atoms with Gasteiger partial charge >= 0.3 is 0 Å². The summed E-state index contributed by atoms with van der Waals surface area (Å²) in [5, 5.41) is 12.0. The number of halogens is 2. The number of piperidine rings is 1. The number of hydrogen-bond donors (Lipinski definition) is 3. The van der Waals surface area contributed by atoms with Crippen molar-refractivity contribution in [3.63, 3.8) is 0 Å². The number of thiazole rings is 1. The van der Waals surface area contributed by atoms with Gasteiger partial charge in [0, 0.05) is 34.9 Å². The molecule has 5 rings (SSSR count). The average Bonchev–Trinajstić information content (AvgIpc) is 3.23. The van der Waals surface area contributed by atoms with Gasteiger partial charge in [0.15, 0.2) is 5.13 Å². The molecule has 0 unspecified atom stereocenters. The van der Waals surface area contributed by atoms with E-state index in [1.165, 1.54) is 35.4 Å². The summed E-state index contributed by atoms with van der Waals surface area (Å²) >= 11 is 8.76. The molecule has 4 aromatic rings. The summed E-state index contributed by atoms with van der Waals surface area (Å²) in [6.07, 6.45) is 0.837. The first-order valence-electron chi connectivity index (χ1n) is 11.0. The summed E-state index contributed by atoms with van der Waals surface area (Å²) in [5.41, 5.74) is 7.42. The van der Waals surface area contributed by atoms with Gasteiger partial charge in [0.25, 0.3) is 5.91 Å². The molecule has 0 aliphatic carbocycles. The Morgan fingerprint density at radius 3 is 2.60 bits per heavy atom. The smallest absolute Gasteiger partial charge is 0.253 e. The molecule has 1 aliphatic heterocycles. The minimum Gasteiger partial charge on any atom is -0.385 e. The Morgan fingerprint density at radius 2 is 1.89 bits per heavy atom. The van der Waals surface area contributed by atoms with Crippen molar-refractivity contribution >= 4 is 61.8 Å². The molecule has 4 N–H and O–H groups in total. The van der Waals surface area contributed by atoms with Crippen molar-refractivity contribution in [3.05, 3.63) is 82.6 Å². The molecule has 1 fully saturated rings. The van der Waals surface area contributed by atoms with E-state index in [1.807, 2.05) is 18.2 Å². The van der Waals surface area contributed by atoms with Crippen LogP contribution in [0.2, 0.25) is 5.02 Å². The molecule has 0 radical (unpaired) electrons. The number of nitrogen functional groups attached to an aromatic ring is 1. The highest BCUT2D eigenvalue weighted by Crippen LogP contribution is 2.37. The van der Waals surface area contributed by atoms with Crippen LogP contribution in [0.25, 0.3) is 10.2 Å². The number of hydrogen-bond acceptors (Lipinski definition) is 7. The fourth-order valence-electron chi connectivity index (χ4n) is 4.23. The molecule has 3 aromatic carbocycles. The molecule has 1 amide bonds. The topological polar surface area (TPSA) is 91.5 Å². The van der Waals surface area contributed by atoms with Gasteiger partial charge in [-0.15, -0.1) is 0 Å². The first kappa shape index (κ1) is 23.9. The van der Waals surface area contributed by atoms with Gasteiger partial charge in [0.1, 0.15) is 5.82 Å². The molecule has 0 bridgehead atoms. The number of anilines is 2. The van der Waals surface area contributed by atoms with Gasteiger partial charge in [-0.25, -0.2) is 9.37 Å². The predicted molar refractivity (Wildman–Crippen MR) is 140 cm³/mol. The van der Waals surface area contributed by atoms with E-state index in [0.29, 0.717) is 62.3 Å². The van der Waals surface area contributed by atoms with Crippen molar-refractivity contribution < 1.29 is 14.3 Å². The summed E-state index contributed by atoms with van der Waals surface area (Å²) < 4.78 is 17.8. The van der Waals surface area contributed by atoms with Crippen LogP contribution in [0.4, 0.5) is 15.2 Å². The highest BCUT2D eigenvalue weighted by atomic mass is 35.5. The number of nitrogens with one attached hydrogen (secondary N) is 1. The molecule has 10 heteroatoms. The summed E-state index contributed by atoms with van der Waals surface area (Å²) in [6.45, 7) is 0.867. The van der Waals surface area contributed by atoms with Gasteiger partial charge in [-0.3, -0.25) is 4.79 Å². The predicted octanol–water partition coefficient (Wildman–Crippen LogP) is 5.91. The molecule has 35 heavy (non-hydrogen) atoms. The SMILES string of the molecule is Nc1nc2c(SNc3ccc(C(=O)N4CCC(O)(c5ccccc5Cl)CC4)cc3)cc(F)cc2s1. The second-order valence-electron chi connectivity index (χ2n) is 8.39. The Labute approximate surface area is 215 Å². The molecule has 0 spiro atoms. The molecule has 2 heterocycles. The van der Waals surface area contributed by atoms with Crippen molar-refractivity contribution in [1.82, 2.24) is 9.88 Å².